The van der Waals surface area contributed by atoms with Gasteiger partial charge in [0.15, 0.2) is 0 Å². The Bertz CT molecular complexity index is 94.7. The Labute approximate surface area is 48.4 Å². The van der Waals surface area contributed by atoms with Crippen LogP contribution in [0.2, 0.25) is 0 Å². The molecule has 0 amide bonds. The summed E-state index contributed by atoms with van der Waals surface area (Å²) in [4.78, 5) is 0. The Hall–Kier alpha value is 0.960. The summed E-state index contributed by atoms with van der Waals surface area (Å²) >= 11 is 0. The van der Waals surface area contributed by atoms with Gasteiger partial charge in [0.05, 0.1) is 0 Å². The van der Waals surface area contributed by atoms with Gasteiger partial charge in [-0.15, -0.1) is 0 Å². The Kier molecular flexibility index (Phi) is 5.07. The smallest absolute Gasteiger partial charge is 0.195 e. The molecule has 0 aliphatic heterocycles. The number of halogens is 2. The van der Waals surface area contributed by atoms with E-state index in [1.165, 1.54) is 0 Å². The second kappa shape index (κ2) is 3.03. The minimum Gasteiger partial charge on any atom is -0.195 e. The van der Waals surface area contributed by atoms with Gasteiger partial charge in [0, 0.05) is 21.4 Å². The highest BCUT2D eigenvalue weighted by atomic mass is 36.0. The summed E-state index contributed by atoms with van der Waals surface area (Å²) in [6, 6.07) is 0. The van der Waals surface area contributed by atoms with Gasteiger partial charge < -0.3 is 0 Å². The molecule has 40 valence electrons. The van der Waals surface area contributed by atoms with Gasteiger partial charge in [0.1, 0.15) is 0 Å². The highest BCUT2D eigenvalue weighted by molar-refractivity contribution is 8.31. The Balaban J connectivity index is 0. The van der Waals surface area contributed by atoms with E-state index in [2.05, 4.69) is 21.4 Å². The fourth-order valence-corrected chi connectivity index (χ4v) is 0. The molecule has 0 N–H and O–H groups in total. The zero-order valence-corrected chi connectivity index (χ0v) is 6.43. The second-order valence-corrected chi connectivity index (χ2v) is 4.05. The van der Waals surface area contributed by atoms with E-state index in [-0.39, 0.29) is 9.90 Å². The molecule has 0 aliphatic rings. The van der Waals surface area contributed by atoms with Gasteiger partial charge in [-0.1, -0.05) is 0 Å². The Morgan fingerprint density at radius 2 is 1.17 bits per heavy atom. The molecule has 0 saturated carbocycles. The van der Waals surface area contributed by atoms with Crippen molar-refractivity contribution in [1.82, 2.24) is 0 Å². The molecule has 0 radical (unpaired) electrons. The molecule has 0 aromatic carbocycles. The predicted molar refractivity (Wildman–Crippen MR) is 31.7 cm³/mol. The fourth-order valence-electron chi connectivity index (χ4n) is 0. The summed E-state index contributed by atoms with van der Waals surface area (Å²) in [7, 11) is 4.81. The van der Waals surface area contributed by atoms with E-state index >= 15 is 0 Å². The minimum absolute atomic E-state index is 0. The third kappa shape index (κ3) is 84.4. The van der Waals surface area contributed by atoms with Crippen molar-refractivity contribution < 1.29 is 8.42 Å². The predicted octanol–water partition coefficient (Wildman–Crippen LogP) is 0.767. The van der Waals surface area contributed by atoms with Crippen molar-refractivity contribution in [3.8, 4) is 0 Å². The lowest BCUT2D eigenvalue weighted by Crippen LogP contribution is -1.63. The van der Waals surface area contributed by atoms with Crippen molar-refractivity contribution >= 4 is 39.5 Å². The van der Waals surface area contributed by atoms with E-state index in [1.54, 1.807) is 0 Å². The van der Waals surface area contributed by atoms with Crippen LogP contribution in [0.4, 0.5) is 0 Å². The lowest BCUT2D eigenvalue weighted by atomic mass is 15.9. The van der Waals surface area contributed by atoms with Crippen LogP contribution in [0.25, 0.3) is 0 Å². The molecule has 2 nitrogen and oxygen atoms in total. The van der Waals surface area contributed by atoms with Crippen molar-refractivity contribution in [1.29, 1.82) is 0 Å². The molecule has 0 aromatic rings. The topological polar surface area (TPSA) is 34.1 Å². The van der Waals surface area contributed by atoms with Crippen LogP contribution < -0.4 is 0 Å². The van der Waals surface area contributed by atoms with Crippen LogP contribution in [-0.4, -0.2) is 8.42 Å². The van der Waals surface area contributed by atoms with E-state index in [9.17, 15) is 0 Å². The Morgan fingerprint density at radius 1 is 1.17 bits per heavy atom. The highest BCUT2D eigenvalue weighted by Gasteiger charge is 1.88. The second-order valence-electron chi connectivity index (χ2n) is 0.378. The Morgan fingerprint density at radius 3 is 1.17 bits per heavy atom. The van der Waals surface area contributed by atoms with Crippen molar-refractivity contribution in [2.24, 2.45) is 0 Å². The van der Waals surface area contributed by atoms with Gasteiger partial charge >= 0.3 is 8.26 Å². The van der Waals surface area contributed by atoms with E-state index < -0.39 is 8.26 Å². The molecule has 0 bridgehead atoms. The summed E-state index contributed by atoms with van der Waals surface area (Å²) in [6.07, 6.45) is 0. The molecule has 1 unspecified atom stereocenters. The standard InChI is InChI=1S/Cl2O2S.H3P/c1-5(2,3)4;/h;1H3. The van der Waals surface area contributed by atoms with Crippen molar-refractivity contribution in [2.75, 3.05) is 0 Å². The van der Waals surface area contributed by atoms with Gasteiger partial charge in [0.2, 0.25) is 0 Å². The third-order valence-electron chi connectivity index (χ3n) is 0. The average molecular weight is 169 g/mol. The zero-order chi connectivity index (χ0) is 4.50. The maximum absolute atomic E-state index is 9.16. The van der Waals surface area contributed by atoms with Crippen LogP contribution in [0.3, 0.4) is 0 Å². The summed E-state index contributed by atoms with van der Waals surface area (Å²) in [5, 5.41) is 0. The van der Waals surface area contributed by atoms with Gasteiger partial charge in [-0.3, -0.25) is 0 Å². The summed E-state index contributed by atoms with van der Waals surface area (Å²) in [5.74, 6) is 0. The molecule has 0 heterocycles. The largest absolute Gasteiger partial charge is 0.317 e. The SMILES string of the molecule is O=S(=O)(Cl)Cl.P. The van der Waals surface area contributed by atoms with E-state index in [0.717, 1.165) is 0 Å². The fraction of sp³-hybridized carbons (Fsp3) is 0. The van der Waals surface area contributed by atoms with Gasteiger partial charge in [-0.05, 0) is 0 Å². The van der Waals surface area contributed by atoms with Crippen LogP contribution >= 0.6 is 31.3 Å². The molecule has 0 saturated heterocycles. The molecule has 0 spiro atoms. The van der Waals surface area contributed by atoms with Gasteiger partial charge in [-0.25, -0.2) is 0 Å². The molecule has 6 heavy (non-hydrogen) atoms. The van der Waals surface area contributed by atoms with Gasteiger partial charge in [-0.2, -0.15) is 18.3 Å². The van der Waals surface area contributed by atoms with E-state index in [0.29, 0.717) is 0 Å². The lowest BCUT2D eigenvalue weighted by Gasteiger charge is -1.61. The van der Waals surface area contributed by atoms with E-state index in [4.69, 9.17) is 8.42 Å². The lowest BCUT2D eigenvalue weighted by molar-refractivity contribution is 0.621. The average Bonchev–Trinajstić information content (AvgIpc) is 0.722. The summed E-state index contributed by atoms with van der Waals surface area (Å²) in [6.45, 7) is 0. The van der Waals surface area contributed by atoms with Crippen molar-refractivity contribution in [2.45, 2.75) is 0 Å². The molecule has 6 heteroatoms. The van der Waals surface area contributed by atoms with Crippen LogP contribution in [-0.2, 0) is 8.26 Å². The van der Waals surface area contributed by atoms with Crippen molar-refractivity contribution in [3.05, 3.63) is 0 Å². The molecule has 0 rings (SSSR count). The first-order chi connectivity index (χ1) is 2.00. The first-order valence-corrected chi connectivity index (χ1v) is 3.78. The molecule has 0 aromatic heterocycles. The summed E-state index contributed by atoms with van der Waals surface area (Å²) < 4.78 is 18.3. The molecular weight excluding hydrogens is 166 g/mol. The number of hydrogen-bond donors (Lipinski definition) is 0. The maximum atomic E-state index is 9.16. The monoisotopic (exact) mass is 168 g/mol. The molecule has 1 atom stereocenters. The maximum Gasteiger partial charge on any atom is 0.317 e. The molecule has 0 aliphatic carbocycles. The minimum atomic E-state index is -3.72. The van der Waals surface area contributed by atoms with Crippen LogP contribution in [0.5, 0.6) is 0 Å². The highest BCUT2D eigenvalue weighted by Crippen LogP contribution is 1.98. The first-order valence-electron chi connectivity index (χ1n) is 0.642. The summed E-state index contributed by atoms with van der Waals surface area (Å²) in [5.41, 5.74) is 0. The van der Waals surface area contributed by atoms with Crippen LogP contribution in [0, 0.1) is 0 Å². The zero-order valence-electron chi connectivity index (χ0n) is 2.69. The first kappa shape index (κ1) is 10.0. The van der Waals surface area contributed by atoms with E-state index in [1.807, 2.05) is 0 Å². The molecule has 0 fully saturated rings. The quantitative estimate of drug-likeness (QED) is 0.396. The van der Waals surface area contributed by atoms with Crippen LogP contribution in [0.1, 0.15) is 0 Å². The number of hydrogen-bond acceptors (Lipinski definition) is 2. The van der Waals surface area contributed by atoms with Crippen LogP contribution in [0.15, 0.2) is 0 Å². The molecular formula is H3Cl2O2PS. The number of rotatable bonds is 0. The van der Waals surface area contributed by atoms with Crippen molar-refractivity contribution in [3.63, 3.8) is 0 Å². The van der Waals surface area contributed by atoms with Gasteiger partial charge in [0.25, 0.3) is 0 Å². The third-order valence-corrected chi connectivity index (χ3v) is 0. The normalized spacial score (nSPS) is 9.67.